The van der Waals surface area contributed by atoms with Crippen LogP contribution in [0.15, 0.2) is 52.3 Å². The van der Waals surface area contributed by atoms with Gasteiger partial charge in [0.2, 0.25) is 0 Å². The Labute approximate surface area is 116 Å². The van der Waals surface area contributed by atoms with Gasteiger partial charge in [-0.25, -0.2) is 9.18 Å². The second kappa shape index (κ2) is 7.34. The Hall–Kier alpha value is -2.28. The summed E-state index contributed by atoms with van der Waals surface area (Å²) in [5.41, 5.74) is -0.808. The van der Waals surface area contributed by atoms with Gasteiger partial charge in [0, 0.05) is 28.1 Å². The topological polar surface area (TPSA) is 87.2 Å². The predicted octanol–water partition coefficient (Wildman–Crippen LogP) is 1.64. The number of aromatic amines is 1. The van der Waals surface area contributed by atoms with Gasteiger partial charge in [-0.3, -0.25) is 9.00 Å². The molecular weight excluding hydrogens is 285 g/mol. The van der Waals surface area contributed by atoms with Crippen LogP contribution < -0.4 is 5.56 Å². The second-order valence-corrected chi connectivity index (χ2v) is 5.01. The van der Waals surface area contributed by atoms with Gasteiger partial charge < -0.3 is 10.1 Å². The van der Waals surface area contributed by atoms with Gasteiger partial charge in [-0.05, 0) is 30.3 Å². The Balaban J connectivity index is 0.000000200. The number of carbonyl (C=O) groups is 1. The fraction of sp³-hybridized carbons (Fsp3) is 0.0769. The summed E-state index contributed by atoms with van der Waals surface area (Å²) in [4.78, 5) is 23.6. The number of aromatic carboxylic acids is 1. The molecule has 5 nitrogen and oxygen atoms in total. The number of carboxylic acid groups (broad SMARTS) is 1. The highest BCUT2D eigenvalue weighted by molar-refractivity contribution is 7.84. The smallest absolute Gasteiger partial charge is 0.341 e. The number of aromatic nitrogens is 1. The van der Waals surface area contributed by atoms with E-state index in [9.17, 15) is 18.2 Å². The zero-order valence-corrected chi connectivity index (χ0v) is 11.3. The maximum absolute atomic E-state index is 12.4. The largest absolute Gasteiger partial charge is 0.477 e. The summed E-state index contributed by atoms with van der Waals surface area (Å²) in [6.45, 7) is 0. The minimum atomic E-state index is -1.21. The molecule has 1 aromatic heterocycles. The summed E-state index contributed by atoms with van der Waals surface area (Å²) in [6.07, 6.45) is 2.91. The van der Waals surface area contributed by atoms with Crippen molar-refractivity contribution in [1.82, 2.24) is 4.98 Å². The van der Waals surface area contributed by atoms with Crippen molar-refractivity contribution in [3.63, 3.8) is 0 Å². The molecule has 0 aliphatic heterocycles. The fourth-order valence-electron chi connectivity index (χ4n) is 1.24. The standard InChI is InChI=1S/C7H7FOS.C6H5NO3/c1-10(9)7-4-2-3-6(8)5-7;8-5-4(6(9)10)2-1-3-7-5/h2-5H,1H3;1-3H,(H,7,8)(H,9,10). The van der Waals surface area contributed by atoms with Crippen LogP contribution in [0, 0.1) is 5.82 Å². The Morgan fingerprint density at radius 2 is 2.00 bits per heavy atom. The molecule has 20 heavy (non-hydrogen) atoms. The van der Waals surface area contributed by atoms with E-state index in [2.05, 4.69) is 4.98 Å². The molecule has 2 N–H and O–H groups in total. The first-order chi connectivity index (χ1) is 9.41. The second-order valence-electron chi connectivity index (χ2n) is 3.63. The number of hydrogen-bond donors (Lipinski definition) is 2. The van der Waals surface area contributed by atoms with Crippen LogP contribution in [-0.2, 0) is 10.8 Å². The fourth-order valence-corrected chi connectivity index (χ4v) is 1.78. The van der Waals surface area contributed by atoms with Crippen molar-refractivity contribution in [3.8, 4) is 0 Å². The van der Waals surface area contributed by atoms with E-state index in [-0.39, 0.29) is 11.4 Å². The molecule has 1 heterocycles. The molecule has 2 aromatic rings. The van der Waals surface area contributed by atoms with Crippen molar-refractivity contribution >= 4 is 16.8 Å². The Bertz CT molecular complexity index is 684. The molecular formula is C13H12FNO4S. The molecule has 0 saturated carbocycles. The number of halogens is 1. The number of nitrogens with one attached hydrogen (secondary N) is 1. The van der Waals surface area contributed by atoms with Crippen molar-refractivity contribution in [3.05, 3.63) is 64.3 Å². The van der Waals surface area contributed by atoms with Gasteiger partial charge >= 0.3 is 5.97 Å². The van der Waals surface area contributed by atoms with E-state index in [4.69, 9.17) is 5.11 Å². The lowest BCUT2D eigenvalue weighted by Gasteiger charge is -1.93. The van der Waals surface area contributed by atoms with E-state index in [1.807, 2.05) is 0 Å². The van der Waals surface area contributed by atoms with Crippen LogP contribution in [0.2, 0.25) is 0 Å². The highest BCUT2D eigenvalue weighted by atomic mass is 32.2. The third kappa shape index (κ3) is 4.77. The average molecular weight is 297 g/mol. The van der Waals surface area contributed by atoms with Crippen LogP contribution in [0.3, 0.4) is 0 Å². The van der Waals surface area contributed by atoms with Gasteiger partial charge in [-0.1, -0.05) is 6.07 Å². The molecule has 0 radical (unpaired) electrons. The van der Waals surface area contributed by atoms with Crippen LogP contribution in [0.5, 0.6) is 0 Å². The average Bonchev–Trinajstić information content (AvgIpc) is 2.39. The van der Waals surface area contributed by atoms with E-state index in [0.717, 1.165) is 0 Å². The lowest BCUT2D eigenvalue weighted by atomic mass is 10.3. The molecule has 0 fully saturated rings. The van der Waals surface area contributed by atoms with Crippen LogP contribution in [0.4, 0.5) is 4.39 Å². The third-order valence-corrected chi connectivity index (χ3v) is 3.09. The third-order valence-electron chi connectivity index (χ3n) is 2.18. The lowest BCUT2D eigenvalue weighted by Crippen LogP contribution is -2.15. The summed E-state index contributed by atoms with van der Waals surface area (Å²) >= 11 is 0. The van der Waals surface area contributed by atoms with Crippen molar-refractivity contribution in [2.45, 2.75) is 4.90 Å². The highest BCUT2D eigenvalue weighted by Gasteiger charge is 2.04. The minimum Gasteiger partial charge on any atom is -0.477 e. The normalized spacial score (nSPS) is 11.1. The monoisotopic (exact) mass is 297 g/mol. The van der Waals surface area contributed by atoms with Gasteiger partial charge in [0.15, 0.2) is 0 Å². The van der Waals surface area contributed by atoms with Crippen molar-refractivity contribution in [1.29, 1.82) is 0 Å². The predicted molar refractivity (Wildman–Crippen MR) is 72.8 cm³/mol. The Morgan fingerprint density at radius 3 is 2.40 bits per heavy atom. The molecule has 7 heteroatoms. The van der Waals surface area contributed by atoms with E-state index in [1.165, 1.54) is 36.7 Å². The van der Waals surface area contributed by atoms with E-state index >= 15 is 0 Å². The van der Waals surface area contributed by atoms with Crippen LogP contribution in [-0.4, -0.2) is 26.5 Å². The number of benzene rings is 1. The van der Waals surface area contributed by atoms with Crippen molar-refractivity contribution < 1.29 is 18.5 Å². The highest BCUT2D eigenvalue weighted by Crippen LogP contribution is 2.06. The molecule has 1 aromatic carbocycles. The minimum absolute atomic E-state index is 0.234. The van der Waals surface area contributed by atoms with E-state index < -0.39 is 22.3 Å². The molecule has 2 rings (SSSR count). The van der Waals surface area contributed by atoms with Gasteiger partial charge in [0.05, 0.1) is 0 Å². The maximum Gasteiger partial charge on any atom is 0.341 e. The molecule has 0 saturated heterocycles. The summed E-state index contributed by atoms with van der Waals surface area (Å²) in [5.74, 6) is -1.55. The summed E-state index contributed by atoms with van der Waals surface area (Å²) in [7, 11) is -1.08. The number of H-pyrrole nitrogens is 1. The zero-order chi connectivity index (χ0) is 15.1. The van der Waals surface area contributed by atoms with Gasteiger partial charge in [0.1, 0.15) is 11.4 Å². The van der Waals surface area contributed by atoms with Gasteiger partial charge in [-0.2, -0.15) is 0 Å². The molecule has 0 spiro atoms. The summed E-state index contributed by atoms with van der Waals surface area (Å²) in [5, 5.41) is 8.35. The lowest BCUT2D eigenvalue weighted by molar-refractivity contribution is 0.0695. The molecule has 0 aliphatic carbocycles. The number of rotatable bonds is 2. The van der Waals surface area contributed by atoms with Crippen molar-refractivity contribution in [2.24, 2.45) is 0 Å². The molecule has 106 valence electrons. The SMILES string of the molecule is CS(=O)c1cccc(F)c1.O=C(O)c1ccc[nH]c1=O. The first-order valence-electron chi connectivity index (χ1n) is 5.42. The summed E-state index contributed by atoms with van der Waals surface area (Å²) in [6, 6.07) is 8.50. The van der Waals surface area contributed by atoms with E-state index in [1.54, 1.807) is 12.1 Å². The Kier molecular flexibility index (Phi) is 5.79. The van der Waals surface area contributed by atoms with Crippen LogP contribution in [0.25, 0.3) is 0 Å². The summed E-state index contributed by atoms with van der Waals surface area (Å²) < 4.78 is 23.1. The molecule has 0 amide bonds. The first kappa shape index (κ1) is 15.8. The molecule has 0 bridgehead atoms. The zero-order valence-electron chi connectivity index (χ0n) is 10.5. The molecule has 1 unspecified atom stereocenters. The van der Waals surface area contributed by atoms with Gasteiger partial charge in [-0.15, -0.1) is 0 Å². The van der Waals surface area contributed by atoms with E-state index in [0.29, 0.717) is 4.90 Å². The molecule has 1 atom stereocenters. The number of pyridine rings is 1. The number of hydrogen-bond acceptors (Lipinski definition) is 3. The van der Waals surface area contributed by atoms with Crippen LogP contribution in [0.1, 0.15) is 10.4 Å². The van der Waals surface area contributed by atoms with Gasteiger partial charge in [0.25, 0.3) is 5.56 Å². The first-order valence-corrected chi connectivity index (χ1v) is 6.97. The maximum atomic E-state index is 12.4. The quantitative estimate of drug-likeness (QED) is 0.882. The van der Waals surface area contributed by atoms with Crippen molar-refractivity contribution in [2.75, 3.05) is 6.26 Å². The van der Waals surface area contributed by atoms with Crippen LogP contribution >= 0.6 is 0 Å². The molecule has 0 aliphatic rings. The Morgan fingerprint density at radius 1 is 1.30 bits per heavy atom. The number of carboxylic acids is 1.